The lowest BCUT2D eigenvalue weighted by molar-refractivity contribution is 0.748. The number of rotatable bonds is 5. The Morgan fingerprint density at radius 3 is 2.56 bits per heavy atom. The molecular formula is C23H22BrClN2. The van der Waals surface area contributed by atoms with E-state index in [4.69, 9.17) is 17.3 Å². The molecular weight excluding hydrogens is 420 g/mol. The highest BCUT2D eigenvalue weighted by Crippen LogP contribution is 2.39. The zero-order valence-electron chi connectivity index (χ0n) is 15.3. The quantitative estimate of drug-likeness (QED) is 0.322. The summed E-state index contributed by atoms with van der Waals surface area (Å²) in [6.45, 7) is 2.88. The van der Waals surface area contributed by atoms with Crippen molar-refractivity contribution in [1.82, 2.24) is 4.98 Å². The van der Waals surface area contributed by atoms with E-state index in [9.17, 15) is 0 Å². The van der Waals surface area contributed by atoms with Gasteiger partial charge >= 0.3 is 0 Å². The lowest BCUT2D eigenvalue weighted by atomic mass is 9.94. The number of nitrogens with two attached hydrogens (primary N) is 1. The maximum atomic E-state index is 6.56. The van der Waals surface area contributed by atoms with Crippen LogP contribution >= 0.6 is 27.5 Å². The molecule has 0 saturated heterocycles. The lowest BCUT2D eigenvalue weighted by Crippen LogP contribution is -1.99. The van der Waals surface area contributed by atoms with Crippen LogP contribution in [-0.2, 0) is 6.42 Å². The number of hydrogen-bond acceptors (Lipinski definition) is 1. The molecule has 2 nitrogen and oxygen atoms in total. The molecule has 0 aliphatic carbocycles. The van der Waals surface area contributed by atoms with Crippen molar-refractivity contribution in [2.75, 3.05) is 6.54 Å². The van der Waals surface area contributed by atoms with Gasteiger partial charge in [-0.05, 0) is 66.8 Å². The summed E-state index contributed by atoms with van der Waals surface area (Å²) in [6.07, 6.45) is 3.05. The first kappa shape index (κ1) is 18.5. The molecule has 1 heterocycles. The first-order chi connectivity index (χ1) is 13.1. The zero-order chi connectivity index (χ0) is 19.0. The molecule has 0 aliphatic heterocycles. The van der Waals surface area contributed by atoms with Gasteiger partial charge in [-0.15, -0.1) is 0 Å². The van der Waals surface area contributed by atoms with E-state index in [-0.39, 0.29) is 0 Å². The summed E-state index contributed by atoms with van der Waals surface area (Å²) in [7, 11) is 0. The average molecular weight is 442 g/mol. The third-order valence-corrected chi connectivity index (χ3v) is 5.98. The summed E-state index contributed by atoms with van der Waals surface area (Å²) in [5.74, 6) is 0. The largest absolute Gasteiger partial charge is 0.353 e. The van der Waals surface area contributed by atoms with Gasteiger partial charge in [0.15, 0.2) is 0 Å². The zero-order valence-corrected chi connectivity index (χ0v) is 17.6. The van der Waals surface area contributed by atoms with E-state index < -0.39 is 0 Å². The monoisotopic (exact) mass is 440 g/mol. The van der Waals surface area contributed by atoms with Crippen LogP contribution in [0.15, 0.2) is 53.0 Å². The molecule has 4 aromatic rings. The van der Waals surface area contributed by atoms with Crippen molar-refractivity contribution < 1.29 is 0 Å². The Labute approximate surface area is 172 Å². The van der Waals surface area contributed by atoms with Gasteiger partial charge in [-0.2, -0.15) is 0 Å². The fraction of sp³-hybridized carbons (Fsp3) is 0.217. The van der Waals surface area contributed by atoms with Crippen molar-refractivity contribution in [3.05, 3.63) is 69.2 Å². The first-order valence-corrected chi connectivity index (χ1v) is 10.5. The molecule has 0 fully saturated rings. The summed E-state index contributed by atoms with van der Waals surface area (Å²) in [6, 6.07) is 17.1. The maximum Gasteiger partial charge on any atom is 0.0658 e. The number of fused-ring (bicyclic) bond motifs is 2. The van der Waals surface area contributed by atoms with E-state index in [1.165, 1.54) is 38.5 Å². The third-order valence-electron chi connectivity index (χ3n) is 5.22. The molecule has 0 bridgehead atoms. The van der Waals surface area contributed by atoms with Crippen molar-refractivity contribution in [3.8, 4) is 11.3 Å². The topological polar surface area (TPSA) is 41.8 Å². The molecule has 0 aliphatic rings. The highest BCUT2D eigenvalue weighted by molar-refractivity contribution is 9.10. The number of hydrogen-bond donors (Lipinski definition) is 2. The molecule has 0 saturated carbocycles. The van der Waals surface area contributed by atoms with Crippen molar-refractivity contribution in [3.63, 3.8) is 0 Å². The number of nitrogens with one attached hydrogen (secondary N) is 1. The van der Waals surface area contributed by atoms with Crippen LogP contribution in [0.4, 0.5) is 0 Å². The Hall–Kier alpha value is -1.81. The standard InChI is InChI=1S/C23H22BrClN2/c1-14-9-10-19(17-7-3-2-6-16(14)17)22-18(8-4-5-11-26)20-12-15(24)13-21(25)23(20)27-22/h2-3,6-7,9-10,12-13,27H,4-5,8,11,26H2,1H3. The third kappa shape index (κ3) is 3.40. The molecule has 1 aromatic heterocycles. The van der Waals surface area contributed by atoms with Crippen LogP contribution in [0.3, 0.4) is 0 Å². The normalized spacial score (nSPS) is 11.6. The summed E-state index contributed by atoms with van der Waals surface area (Å²) < 4.78 is 0.999. The number of aromatic nitrogens is 1. The fourth-order valence-corrected chi connectivity index (χ4v) is 4.73. The summed E-state index contributed by atoms with van der Waals surface area (Å²) in [5.41, 5.74) is 11.7. The van der Waals surface area contributed by atoms with Gasteiger partial charge in [-0.25, -0.2) is 0 Å². The Kier molecular flexibility index (Phi) is 5.27. The highest BCUT2D eigenvalue weighted by atomic mass is 79.9. The van der Waals surface area contributed by atoms with Gasteiger partial charge in [0.1, 0.15) is 0 Å². The van der Waals surface area contributed by atoms with Gasteiger partial charge < -0.3 is 10.7 Å². The van der Waals surface area contributed by atoms with E-state index in [0.717, 1.165) is 40.8 Å². The summed E-state index contributed by atoms with van der Waals surface area (Å²) in [5, 5.41) is 4.47. The van der Waals surface area contributed by atoms with E-state index in [1.54, 1.807) is 0 Å². The SMILES string of the molecule is Cc1ccc(-c2[nH]c3c(Cl)cc(Br)cc3c2CCCCN)c2ccccc12. The highest BCUT2D eigenvalue weighted by Gasteiger charge is 2.17. The lowest BCUT2D eigenvalue weighted by Gasteiger charge is -2.11. The Morgan fingerprint density at radius 1 is 1.00 bits per heavy atom. The number of unbranched alkanes of at least 4 members (excludes halogenated alkanes) is 1. The van der Waals surface area contributed by atoms with Crippen LogP contribution in [-0.4, -0.2) is 11.5 Å². The Morgan fingerprint density at radius 2 is 1.78 bits per heavy atom. The number of benzene rings is 3. The second-order valence-corrected chi connectivity index (χ2v) is 8.33. The number of aryl methyl sites for hydroxylation is 2. The average Bonchev–Trinajstić information content (AvgIpc) is 3.01. The van der Waals surface area contributed by atoms with Crippen LogP contribution in [0.1, 0.15) is 24.0 Å². The maximum absolute atomic E-state index is 6.56. The molecule has 4 heteroatoms. The van der Waals surface area contributed by atoms with Gasteiger partial charge in [-0.1, -0.05) is 63.9 Å². The van der Waals surface area contributed by atoms with Crippen LogP contribution in [0.2, 0.25) is 5.02 Å². The summed E-state index contributed by atoms with van der Waals surface area (Å²) in [4.78, 5) is 3.63. The molecule has 3 aromatic carbocycles. The molecule has 138 valence electrons. The second-order valence-electron chi connectivity index (χ2n) is 7.01. The van der Waals surface area contributed by atoms with E-state index in [0.29, 0.717) is 0 Å². The first-order valence-electron chi connectivity index (χ1n) is 9.28. The van der Waals surface area contributed by atoms with Gasteiger partial charge in [-0.3, -0.25) is 0 Å². The summed E-state index contributed by atoms with van der Waals surface area (Å²) >= 11 is 10.2. The minimum atomic E-state index is 0.718. The van der Waals surface area contributed by atoms with E-state index in [1.807, 2.05) is 6.07 Å². The molecule has 0 radical (unpaired) electrons. The van der Waals surface area contributed by atoms with E-state index >= 15 is 0 Å². The predicted molar refractivity (Wildman–Crippen MR) is 121 cm³/mol. The van der Waals surface area contributed by atoms with Gasteiger partial charge in [0.25, 0.3) is 0 Å². The molecule has 4 rings (SSSR count). The van der Waals surface area contributed by atoms with Gasteiger partial charge in [0.05, 0.1) is 16.2 Å². The van der Waals surface area contributed by atoms with Crippen LogP contribution < -0.4 is 5.73 Å². The van der Waals surface area contributed by atoms with Crippen molar-refractivity contribution in [2.24, 2.45) is 5.73 Å². The fourth-order valence-electron chi connectivity index (χ4n) is 3.88. The second kappa shape index (κ2) is 7.67. The Bertz CT molecular complexity index is 1130. The predicted octanol–water partition coefficient (Wildman–Crippen LogP) is 6.99. The van der Waals surface area contributed by atoms with Gasteiger partial charge in [0, 0.05) is 15.4 Å². The molecule has 27 heavy (non-hydrogen) atoms. The van der Waals surface area contributed by atoms with Crippen molar-refractivity contribution in [1.29, 1.82) is 0 Å². The van der Waals surface area contributed by atoms with Crippen LogP contribution in [0.25, 0.3) is 32.9 Å². The minimum Gasteiger partial charge on any atom is -0.353 e. The van der Waals surface area contributed by atoms with Gasteiger partial charge in [0.2, 0.25) is 0 Å². The number of aromatic amines is 1. The molecule has 0 spiro atoms. The smallest absolute Gasteiger partial charge is 0.0658 e. The van der Waals surface area contributed by atoms with Crippen LogP contribution in [0.5, 0.6) is 0 Å². The van der Waals surface area contributed by atoms with Crippen molar-refractivity contribution in [2.45, 2.75) is 26.2 Å². The molecule has 3 N–H and O–H groups in total. The molecule has 0 unspecified atom stereocenters. The number of halogens is 2. The molecule has 0 amide bonds. The Balaban J connectivity index is 2.00. The number of H-pyrrole nitrogens is 1. The van der Waals surface area contributed by atoms with Crippen LogP contribution in [0, 0.1) is 6.92 Å². The minimum absolute atomic E-state index is 0.718. The van der Waals surface area contributed by atoms with E-state index in [2.05, 4.69) is 70.3 Å². The van der Waals surface area contributed by atoms with Crippen molar-refractivity contribution >= 4 is 49.2 Å². The molecule has 0 atom stereocenters.